The van der Waals surface area contributed by atoms with E-state index in [1.807, 2.05) is 48.5 Å². The first kappa shape index (κ1) is 14.2. The first-order valence-electron chi connectivity index (χ1n) is 9.12. The third-order valence-electron chi connectivity index (χ3n) is 6.50. The second-order valence-corrected chi connectivity index (χ2v) is 7.54. The van der Waals surface area contributed by atoms with Gasteiger partial charge in [-0.15, -0.1) is 0 Å². The lowest BCUT2D eigenvalue weighted by molar-refractivity contribution is 0.0664. The van der Waals surface area contributed by atoms with E-state index in [0.29, 0.717) is 11.1 Å². The fourth-order valence-corrected chi connectivity index (χ4v) is 5.58. The van der Waals surface area contributed by atoms with E-state index in [9.17, 15) is 9.59 Å². The van der Waals surface area contributed by atoms with Crippen molar-refractivity contribution in [3.63, 3.8) is 0 Å². The predicted molar refractivity (Wildman–Crippen MR) is 98.7 cm³/mol. The van der Waals surface area contributed by atoms with Gasteiger partial charge in [0.05, 0.1) is 0 Å². The van der Waals surface area contributed by atoms with Gasteiger partial charge in [-0.1, -0.05) is 72.8 Å². The van der Waals surface area contributed by atoms with Crippen molar-refractivity contribution in [3.8, 4) is 0 Å². The number of Topliss-reactive ketones (excluding diaryl/α,β-unsaturated/α-hetero) is 2. The van der Waals surface area contributed by atoms with Crippen LogP contribution in [0.25, 0.3) is 0 Å². The maximum Gasteiger partial charge on any atom is 0.168 e. The quantitative estimate of drug-likeness (QED) is 0.602. The summed E-state index contributed by atoms with van der Waals surface area (Å²) in [6.45, 7) is 0. The van der Waals surface area contributed by atoms with Gasteiger partial charge in [-0.2, -0.15) is 0 Å². The summed E-state index contributed by atoms with van der Waals surface area (Å²) in [4.78, 5) is 26.9. The lowest BCUT2D eigenvalue weighted by Gasteiger charge is -2.51. The molecule has 0 N–H and O–H groups in total. The highest BCUT2D eigenvalue weighted by Gasteiger charge is 2.57. The van der Waals surface area contributed by atoms with Crippen LogP contribution in [-0.2, 0) is 0 Å². The van der Waals surface area contributed by atoms with Crippen LogP contribution in [-0.4, -0.2) is 11.6 Å². The van der Waals surface area contributed by atoms with E-state index in [0.717, 1.165) is 0 Å². The summed E-state index contributed by atoms with van der Waals surface area (Å²) < 4.78 is 0. The van der Waals surface area contributed by atoms with Gasteiger partial charge in [-0.25, -0.2) is 0 Å². The van der Waals surface area contributed by atoms with Crippen LogP contribution in [0.2, 0.25) is 0 Å². The molecule has 3 aromatic rings. The fraction of sp³-hybridized carbons (Fsp3) is 0.167. The van der Waals surface area contributed by atoms with Crippen LogP contribution < -0.4 is 0 Å². The molecule has 0 saturated carbocycles. The molecule has 2 atom stereocenters. The molecule has 0 radical (unpaired) electrons. The summed E-state index contributed by atoms with van der Waals surface area (Å²) in [6, 6.07) is 24.0. The van der Waals surface area contributed by atoms with Gasteiger partial charge in [0.25, 0.3) is 0 Å². The van der Waals surface area contributed by atoms with Crippen molar-refractivity contribution >= 4 is 11.6 Å². The molecule has 0 heterocycles. The molecule has 0 saturated heterocycles. The van der Waals surface area contributed by atoms with Gasteiger partial charge >= 0.3 is 0 Å². The van der Waals surface area contributed by atoms with Crippen molar-refractivity contribution in [2.24, 2.45) is 11.8 Å². The molecule has 0 unspecified atom stereocenters. The van der Waals surface area contributed by atoms with E-state index in [2.05, 4.69) is 24.3 Å². The molecule has 26 heavy (non-hydrogen) atoms. The second kappa shape index (κ2) is 4.79. The molecule has 124 valence electrons. The number of hydrogen-bond donors (Lipinski definition) is 0. The smallest absolute Gasteiger partial charge is 0.168 e. The van der Waals surface area contributed by atoms with Crippen LogP contribution in [0, 0.1) is 11.8 Å². The molecule has 0 amide bonds. The predicted octanol–water partition coefficient (Wildman–Crippen LogP) is 4.59. The molecular formula is C24H16O2. The molecule has 4 aliphatic rings. The highest BCUT2D eigenvalue weighted by molar-refractivity contribution is 6.17. The highest BCUT2D eigenvalue weighted by atomic mass is 16.1. The Labute approximate surface area is 151 Å². The largest absolute Gasteiger partial charge is 0.294 e. The minimum atomic E-state index is -0.285. The Balaban J connectivity index is 1.69. The van der Waals surface area contributed by atoms with E-state index in [1.165, 1.54) is 22.3 Å². The zero-order valence-corrected chi connectivity index (χ0v) is 14.1. The average Bonchev–Trinajstić information content (AvgIpc) is 2.71. The molecule has 0 fully saturated rings. The molecule has 7 rings (SSSR count). The van der Waals surface area contributed by atoms with Gasteiger partial charge in [0, 0.05) is 34.8 Å². The Morgan fingerprint density at radius 3 is 1.12 bits per heavy atom. The third-order valence-corrected chi connectivity index (χ3v) is 6.50. The van der Waals surface area contributed by atoms with E-state index in [4.69, 9.17) is 0 Å². The van der Waals surface area contributed by atoms with Gasteiger partial charge in [0.1, 0.15) is 0 Å². The zero-order chi connectivity index (χ0) is 17.4. The molecule has 3 aromatic carbocycles. The third kappa shape index (κ3) is 1.53. The second-order valence-electron chi connectivity index (χ2n) is 7.54. The van der Waals surface area contributed by atoms with Crippen LogP contribution >= 0.6 is 0 Å². The van der Waals surface area contributed by atoms with Crippen molar-refractivity contribution in [2.75, 3.05) is 0 Å². The van der Waals surface area contributed by atoms with E-state index >= 15 is 0 Å². The van der Waals surface area contributed by atoms with Gasteiger partial charge in [0.2, 0.25) is 0 Å². The maximum atomic E-state index is 13.5. The number of ketones is 2. The molecule has 0 aromatic heterocycles. The summed E-state index contributed by atoms with van der Waals surface area (Å²) in [5.41, 5.74) is 6.08. The number of rotatable bonds is 0. The van der Waals surface area contributed by atoms with Crippen LogP contribution in [0.3, 0.4) is 0 Å². The lowest BCUT2D eigenvalue weighted by Crippen LogP contribution is -2.49. The average molecular weight is 336 g/mol. The molecule has 0 aliphatic heterocycles. The monoisotopic (exact) mass is 336 g/mol. The summed E-state index contributed by atoms with van der Waals surface area (Å²) in [5, 5.41) is 0. The summed E-state index contributed by atoms with van der Waals surface area (Å²) in [6.07, 6.45) is 0. The summed E-state index contributed by atoms with van der Waals surface area (Å²) >= 11 is 0. The van der Waals surface area contributed by atoms with Crippen molar-refractivity contribution in [1.82, 2.24) is 0 Å². The molecule has 2 heteroatoms. The van der Waals surface area contributed by atoms with Crippen LogP contribution in [0.1, 0.15) is 54.8 Å². The van der Waals surface area contributed by atoms with Crippen molar-refractivity contribution in [2.45, 2.75) is 11.8 Å². The van der Waals surface area contributed by atoms with Gasteiger partial charge < -0.3 is 0 Å². The molecule has 4 aliphatic carbocycles. The van der Waals surface area contributed by atoms with Crippen molar-refractivity contribution < 1.29 is 9.59 Å². The number of carbonyl (C=O) groups excluding carboxylic acids is 2. The van der Waals surface area contributed by atoms with E-state index in [1.54, 1.807) is 0 Å². The minimum Gasteiger partial charge on any atom is -0.294 e. The van der Waals surface area contributed by atoms with Gasteiger partial charge in [-0.05, 0) is 22.3 Å². The first-order chi connectivity index (χ1) is 12.8. The topological polar surface area (TPSA) is 34.1 Å². The van der Waals surface area contributed by atoms with Gasteiger partial charge in [-0.3, -0.25) is 9.59 Å². The van der Waals surface area contributed by atoms with E-state index in [-0.39, 0.29) is 35.2 Å². The van der Waals surface area contributed by atoms with Crippen molar-refractivity contribution in [3.05, 3.63) is 106 Å². The standard InChI is InChI=1S/C24H16O2/c25-23-17-11-5-6-12-18(17)24(26)22-20-14-8-2-1-7-13(14)19(21(22)23)15-9-3-4-10-16(15)20/h1-12,19-22H/t19?,20?,21-,22+. The lowest BCUT2D eigenvalue weighted by atomic mass is 9.50. The Morgan fingerprint density at radius 2 is 0.769 bits per heavy atom. The number of hydrogen-bond acceptors (Lipinski definition) is 2. The van der Waals surface area contributed by atoms with Gasteiger partial charge in [0.15, 0.2) is 11.6 Å². The number of fused-ring (bicyclic) bond motifs is 1. The number of carbonyl (C=O) groups is 2. The zero-order valence-electron chi connectivity index (χ0n) is 14.1. The Kier molecular flexibility index (Phi) is 2.62. The molecular weight excluding hydrogens is 320 g/mol. The maximum absolute atomic E-state index is 13.5. The van der Waals surface area contributed by atoms with E-state index < -0.39 is 0 Å². The minimum absolute atomic E-state index is 0.0257. The summed E-state index contributed by atoms with van der Waals surface area (Å²) in [7, 11) is 0. The molecule has 0 spiro atoms. The molecule has 2 nitrogen and oxygen atoms in total. The van der Waals surface area contributed by atoms with Crippen LogP contribution in [0.15, 0.2) is 72.8 Å². The molecule has 2 bridgehead atoms. The summed E-state index contributed by atoms with van der Waals surface area (Å²) in [5.74, 6) is -0.364. The Morgan fingerprint density at radius 1 is 0.462 bits per heavy atom. The fourth-order valence-electron chi connectivity index (χ4n) is 5.58. The number of benzene rings is 3. The first-order valence-corrected chi connectivity index (χ1v) is 9.12. The Bertz CT molecular complexity index is 976. The van der Waals surface area contributed by atoms with Crippen LogP contribution in [0.4, 0.5) is 0 Å². The van der Waals surface area contributed by atoms with Crippen molar-refractivity contribution in [1.29, 1.82) is 0 Å². The van der Waals surface area contributed by atoms with Crippen LogP contribution in [0.5, 0.6) is 0 Å². The SMILES string of the molecule is O=C1c2ccccc2C(=O)[C@H]2C3c4ccccc4C(c4ccccc43)[C@@H]12. The Hall–Kier alpha value is -3.00. The normalized spacial score (nSPS) is 27.4. The highest BCUT2D eigenvalue weighted by Crippen LogP contribution is 2.60.